The van der Waals surface area contributed by atoms with E-state index in [9.17, 15) is 4.79 Å². The van der Waals surface area contributed by atoms with Crippen LogP contribution in [0.25, 0.3) is 16.3 Å². The average Bonchev–Trinajstić information content (AvgIpc) is 3.25. The number of hydrogen-bond acceptors (Lipinski definition) is 3. The smallest absolute Gasteiger partial charge is 0.274 e. The molecule has 0 N–H and O–H groups in total. The van der Waals surface area contributed by atoms with Crippen LogP contribution in [0, 0.1) is 6.92 Å². The lowest BCUT2D eigenvalue weighted by Crippen LogP contribution is -2.36. The number of hydrogen-bond donors (Lipinski definition) is 0. The van der Waals surface area contributed by atoms with E-state index in [1.54, 1.807) is 28.2 Å². The average molecular weight is 499 g/mol. The zero-order valence-corrected chi connectivity index (χ0v) is 19.1. The van der Waals surface area contributed by atoms with Crippen molar-refractivity contribution in [2.45, 2.75) is 26.2 Å². The van der Waals surface area contributed by atoms with E-state index in [1.165, 1.54) is 6.42 Å². The van der Waals surface area contributed by atoms with Crippen LogP contribution in [0.3, 0.4) is 0 Å². The molecule has 1 saturated heterocycles. The first-order valence-corrected chi connectivity index (χ1v) is 11.5. The van der Waals surface area contributed by atoms with Gasteiger partial charge in [-0.1, -0.05) is 23.2 Å². The van der Waals surface area contributed by atoms with Crippen molar-refractivity contribution < 1.29 is 4.79 Å². The molecule has 28 heavy (non-hydrogen) atoms. The maximum atomic E-state index is 13.2. The first-order valence-electron chi connectivity index (χ1n) is 9.04. The van der Waals surface area contributed by atoms with E-state index < -0.39 is 0 Å². The minimum atomic E-state index is -0.0158. The highest BCUT2D eigenvalue weighted by Gasteiger charge is 2.27. The van der Waals surface area contributed by atoms with Crippen LogP contribution >= 0.6 is 50.5 Å². The quantitative estimate of drug-likeness (QED) is 0.407. The Bertz CT molecular complexity index is 1040. The normalized spacial score (nSPS) is 14.5. The molecule has 0 bridgehead atoms. The highest BCUT2D eigenvalue weighted by Crippen LogP contribution is 2.37. The summed E-state index contributed by atoms with van der Waals surface area (Å²) in [5.74, 6) is -0.0158. The zero-order valence-electron chi connectivity index (χ0n) is 15.2. The SMILES string of the molecule is Cc1c(C(=O)N2CCCCC2)nn(-c2ccc(Cl)cc2Cl)c1-c1cc(Br)cs1. The first-order chi connectivity index (χ1) is 13.5. The predicted octanol–water partition coefficient (Wildman–Crippen LogP) is 6.60. The number of nitrogens with zero attached hydrogens (tertiary/aromatic N) is 3. The van der Waals surface area contributed by atoms with E-state index in [1.807, 2.05) is 29.3 Å². The highest BCUT2D eigenvalue weighted by atomic mass is 79.9. The number of carbonyl (C=O) groups is 1. The Labute approximate surface area is 186 Å². The summed E-state index contributed by atoms with van der Waals surface area (Å²) in [6, 6.07) is 7.33. The molecule has 1 aromatic carbocycles. The monoisotopic (exact) mass is 497 g/mol. The molecule has 0 aliphatic carbocycles. The standard InChI is InChI=1S/C20H18BrCl2N3OS/c1-12-18(20(27)25-7-3-2-4-8-25)24-26(16-6-5-14(22)10-15(16)23)19(12)17-9-13(21)11-28-17/h5-6,9-11H,2-4,7-8H2,1H3. The van der Waals surface area contributed by atoms with E-state index in [0.29, 0.717) is 21.4 Å². The number of benzene rings is 1. The van der Waals surface area contributed by atoms with Gasteiger partial charge in [0.25, 0.3) is 5.91 Å². The van der Waals surface area contributed by atoms with Gasteiger partial charge in [-0.3, -0.25) is 4.79 Å². The first kappa shape index (κ1) is 20.0. The van der Waals surface area contributed by atoms with Gasteiger partial charge < -0.3 is 4.90 Å². The van der Waals surface area contributed by atoms with Crippen molar-refractivity contribution >= 4 is 56.4 Å². The van der Waals surface area contributed by atoms with Crippen molar-refractivity contribution in [2.75, 3.05) is 13.1 Å². The number of rotatable bonds is 3. The molecule has 1 aliphatic heterocycles. The van der Waals surface area contributed by atoms with Crippen molar-refractivity contribution in [2.24, 2.45) is 0 Å². The molecule has 0 saturated carbocycles. The maximum absolute atomic E-state index is 13.2. The third-order valence-corrected chi connectivity index (χ3v) is 7.14. The Kier molecular flexibility index (Phi) is 5.83. The van der Waals surface area contributed by atoms with Gasteiger partial charge in [-0.05, 0) is 66.4 Å². The Morgan fingerprint density at radius 2 is 1.93 bits per heavy atom. The summed E-state index contributed by atoms with van der Waals surface area (Å²) in [5, 5.41) is 7.78. The van der Waals surface area contributed by atoms with E-state index in [2.05, 4.69) is 15.9 Å². The van der Waals surface area contributed by atoms with Crippen LogP contribution in [0.4, 0.5) is 0 Å². The minimum absolute atomic E-state index is 0.0158. The zero-order chi connectivity index (χ0) is 19.8. The van der Waals surface area contributed by atoms with Gasteiger partial charge in [-0.15, -0.1) is 11.3 Å². The molecule has 2 aromatic heterocycles. The van der Waals surface area contributed by atoms with Gasteiger partial charge in [0.05, 0.1) is 21.3 Å². The van der Waals surface area contributed by atoms with Gasteiger partial charge in [-0.25, -0.2) is 4.68 Å². The Morgan fingerprint density at radius 1 is 1.18 bits per heavy atom. The predicted molar refractivity (Wildman–Crippen MR) is 119 cm³/mol. The van der Waals surface area contributed by atoms with Crippen molar-refractivity contribution in [3.05, 3.63) is 55.4 Å². The number of piperidine rings is 1. The van der Waals surface area contributed by atoms with Crippen LogP contribution in [0.15, 0.2) is 34.1 Å². The van der Waals surface area contributed by atoms with E-state index in [-0.39, 0.29) is 5.91 Å². The van der Waals surface area contributed by atoms with E-state index in [4.69, 9.17) is 28.3 Å². The number of thiophene rings is 1. The number of aromatic nitrogens is 2. The van der Waals surface area contributed by atoms with Crippen LogP contribution in [-0.4, -0.2) is 33.7 Å². The highest BCUT2D eigenvalue weighted by molar-refractivity contribution is 9.10. The summed E-state index contributed by atoms with van der Waals surface area (Å²) in [6.07, 6.45) is 3.25. The topological polar surface area (TPSA) is 38.1 Å². The van der Waals surface area contributed by atoms with E-state index >= 15 is 0 Å². The van der Waals surface area contributed by atoms with Gasteiger partial charge in [0.2, 0.25) is 0 Å². The molecule has 1 fully saturated rings. The molecule has 3 aromatic rings. The molecule has 4 rings (SSSR count). The lowest BCUT2D eigenvalue weighted by Gasteiger charge is -2.26. The number of halogens is 3. The number of amides is 1. The van der Waals surface area contributed by atoms with Crippen molar-refractivity contribution in [1.82, 2.24) is 14.7 Å². The maximum Gasteiger partial charge on any atom is 0.274 e. The van der Waals surface area contributed by atoms with Crippen molar-refractivity contribution in [3.63, 3.8) is 0 Å². The largest absolute Gasteiger partial charge is 0.337 e. The molecule has 0 atom stereocenters. The second-order valence-corrected chi connectivity index (χ2v) is 9.48. The molecule has 0 unspecified atom stereocenters. The van der Waals surface area contributed by atoms with Crippen LogP contribution < -0.4 is 0 Å². The lowest BCUT2D eigenvalue weighted by molar-refractivity contribution is 0.0717. The third kappa shape index (κ3) is 3.75. The second kappa shape index (κ2) is 8.19. The van der Waals surface area contributed by atoms with Gasteiger partial charge in [0.1, 0.15) is 0 Å². The molecule has 1 aliphatic rings. The molecule has 8 heteroatoms. The molecule has 0 radical (unpaired) electrons. The molecule has 0 spiro atoms. The minimum Gasteiger partial charge on any atom is -0.337 e. The van der Waals surface area contributed by atoms with Crippen LogP contribution in [-0.2, 0) is 0 Å². The fraction of sp³-hybridized carbons (Fsp3) is 0.300. The van der Waals surface area contributed by atoms with Crippen molar-refractivity contribution in [1.29, 1.82) is 0 Å². The van der Waals surface area contributed by atoms with Gasteiger partial charge in [-0.2, -0.15) is 5.10 Å². The van der Waals surface area contributed by atoms with E-state index in [0.717, 1.165) is 46.5 Å². The number of carbonyl (C=O) groups excluding carboxylic acids is 1. The van der Waals surface area contributed by atoms with Gasteiger partial charge >= 0.3 is 0 Å². The van der Waals surface area contributed by atoms with Crippen molar-refractivity contribution in [3.8, 4) is 16.3 Å². The fourth-order valence-corrected chi connectivity index (χ4v) is 5.50. The Morgan fingerprint density at radius 3 is 2.57 bits per heavy atom. The summed E-state index contributed by atoms with van der Waals surface area (Å²) >= 11 is 17.7. The third-order valence-electron chi connectivity index (χ3n) is 4.91. The lowest BCUT2D eigenvalue weighted by atomic mass is 10.1. The molecule has 4 nitrogen and oxygen atoms in total. The number of likely N-dealkylation sites (tertiary alicyclic amines) is 1. The molecule has 146 valence electrons. The summed E-state index contributed by atoms with van der Waals surface area (Å²) in [5.41, 5.74) is 2.91. The molecular weight excluding hydrogens is 481 g/mol. The van der Waals surface area contributed by atoms with Gasteiger partial charge in [0, 0.05) is 33.5 Å². The Hall–Kier alpha value is -1.34. The Balaban J connectivity index is 1.87. The summed E-state index contributed by atoms with van der Waals surface area (Å²) in [6.45, 7) is 3.52. The van der Waals surface area contributed by atoms with Crippen LogP contribution in [0.2, 0.25) is 10.0 Å². The molecule has 3 heterocycles. The molecule has 1 amide bonds. The van der Waals surface area contributed by atoms with Crippen LogP contribution in [0.1, 0.15) is 35.3 Å². The molecular formula is C20H18BrCl2N3OS. The van der Waals surface area contributed by atoms with Crippen LogP contribution in [0.5, 0.6) is 0 Å². The summed E-state index contributed by atoms with van der Waals surface area (Å²) in [7, 11) is 0. The van der Waals surface area contributed by atoms with Gasteiger partial charge in [0.15, 0.2) is 5.69 Å². The second-order valence-electron chi connectivity index (χ2n) is 6.81. The summed E-state index contributed by atoms with van der Waals surface area (Å²) < 4.78 is 2.76. The fourth-order valence-electron chi connectivity index (χ4n) is 3.50. The summed E-state index contributed by atoms with van der Waals surface area (Å²) in [4.78, 5) is 16.1.